The molecular formula is C20H26N4O3. The topological polar surface area (TPSA) is 84.0 Å². The van der Waals surface area contributed by atoms with Crippen molar-refractivity contribution in [2.24, 2.45) is 4.99 Å². The van der Waals surface area contributed by atoms with Crippen molar-refractivity contribution in [3.63, 3.8) is 0 Å². The van der Waals surface area contributed by atoms with Gasteiger partial charge in [-0.25, -0.2) is 9.79 Å². The van der Waals surface area contributed by atoms with E-state index in [2.05, 4.69) is 25.7 Å². The van der Waals surface area contributed by atoms with Crippen LogP contribution in [-0.4, -0.2) is 32.8 Å². The van der Waals surface area contributed by atoms with Gasteiger partial charge in [0.15, 0.2) is 5.96 Å². The van der Waals surface area contributed by atoms with E-state index < -0.39 is 6.09 Å². The Balaban J connectivity index is 1.97. The van der Waals surface area contributed by atoms with Crippen LogP contribution in [0.3, 0.4) is 0 Å². The largest absolute Gasteiger partial charge is 0.496 e. The molecule has 0 spiro atoms. The zero-order valence-electron chi connectivity index (χ0n) is 15.9. The number of carbonyl (C=O) groups is 1. The van der Waals surface area contributed by atoms with Crippen molar-refractivity contribution in [1.29, 1.82) is 0 Å². The van der Waals surface area contributed by atoms with E-state index in [1.54, 1.807) is 7.11 Å². The minimum atomic E-state index is -0.490. The van der Waals surface area contributed by atoms with Crippen LogP contribution in [0.1, 0.15) is 18.1 Å². The zero-order valence-corrected chi connectivity index (χ0v) is 15.9. The molecule has 0 saturated carbocycles. The summed E-state index contributed by atoms with van der Waals surface area (Å²) < 4.78 is 9.95. The van der Waals surface area contributed by atoms with Gasteiger partial charge in [0.25, 0.3) is 0 Å². The van der Waals surface area contributed by atoms with E-state index >= 15 is 0 Å². The summed E-state index contributed by atoms with van der Waals surface area (Å²) in [4.78, 5) is 15.8. The maximum absolute atomic E-state index is 11.2. The highest BCUT2D eigenvalue weighted by Crippen LogP contribution is 2.16. The Morgan fingerprint density at radius 1 is 1.04 bits per heavy atom. The first-order valence-corrected chi connectivity index (χ1v) is 8.74. The summed E-state index contributed by atoms with van der Waals surface area (Å²) in [7, 11) is 3.00. The molecule has 1 amide bonds. The first kappa shape index (κ1) is 20.1. The fraction of sp³-hybridized carbons (Fsp3) is 0.300. The lowest BCUT2D eigenvalue weighted by Gasteiger charge is -2.13. The van der Waals surface area contributed by atoms with E-state index in [1.165, 1.54) is 7.11 Å². The summed E-state index contributed by atoms with van der Waals surface area (Å²) in [5.41, 5.74) is 2.76. The van der Waals surface area contributed by atoms with Crippen LogP contribution in [0.2, 0.25) is 0 Å². The molecule has 27 heavy (non-hydrogen) atoms. The van der Waals surface area contributed by atoms with Crippen molar-refractivity contribution >= 4 is 17.7 Å². The van der Waals surface area contributed by atoms with E-state index in [9.17, 15) is 4.79 Å². The van der Waals surface area contributed by atoms with Gasteiger partial charge in [0.1, 0.15) is 5.75 Å². The van der Waals surface area contributed by atoms with E-state index in [0.717, 1.165) is 29.4 Å². The standard InChI is InChI=1S/C20H26N4O3/c1-4-21-19(23-14-16-7-5-6-8-18(16)26-2)22-13-15-9-11-17(12-10-15)24-20(25)27-3/h5-12H,4,13-14H2,1-3H3,(H,24,25)(H2,21,22,23). The number of methoxy groups -OCH3 is 2. The van der Waals surface area contributed by atoms with Crippen molar-refractivity contribution in [2.75, 3.05) is 26.1 Å². The number of ether oxygens (including phenoxy) is 2. The maximum atomic E-state index is 11.2. The van der Waals surface area contributed by atoms with Crippen LogP contribution in [0, 0.1) is 0 Å². The zero-order chi connectivity index (χ0) is 19.5. The van der Waals surface area contributed by atoms with Gasteiger partial charge < -0.3 is 20.1 Å². The van der Waals surface area contributed by atoms with Gasteiger partial charge in [0.05, 0.1) is 20.8 Å². The summed E-state index contributed by atoms with van der Waals surface area (Å²) in [5, 5.41) is 9.16. The lowest BCUT2D eigenvalue weighted by molar-refractivity contribution is 0.187. The predicted octanol–water partition coefficient (Wildman–Crippen LogP) is 3.13. The minimum absolute atomic E-state index is 0.490. The van der Waals surface area contributed by atoms with Crippen molar-refractivity contribution in [1.82, 2.24) is 10.6 Å². The molecule has 0 aliphatic heterocycles. The van der Waals surface area contributed by atoms with E-state index in [0.29, 0.717) is 18.8 Å². The van der Waals surface area contributed by atoms with Crippen LogP contribution < -0.4 is 20.7 Å². The molecule has 0 atom stereocenters. The Hall–Kier alpha value is -3.22. The van der Waals surface area contributed by atoms with Crippen molar-refractivity contribution < 1.29 is 14.3 Å². The number of hydrogen-bond acceptors (Lipinski definition) is 4. The number of nitrogens with one attached hydrogen (secondary N) is 3. The highest BCUT2D eigenvalue weighted by molar-refractivity contribution is 5.84. The van der Waals surface area contributed by atoms with E-state index in [-0.39, 0.29) is 0 Å². The molecule has 0 aliphatic rings. The van der Waals surface area contributed by atoms with E-state index in [4.69, 9.17) is 4.74 Å². The molecule has 2 aromatic rings. The smallest absolute Gasteiger partial charge is 0.411 e. The molecule has 0 aromatic heterocycles. The number of benzene rings is 2. The molecule has 2 rings (SSSR count). The van der Waals surface area contributed by atoms with Crippen molar-refractivity contribution in [3.05, 3.63) is 59.7 Å². The lowest BCUT2D eigenvalue weighted by atomic mass is 10.2. The van der Waals surface area contributed by atoms with Crippen LogP contribution in [0.4, 0.5) is 10.5 Å². The van der Waals surface area contributed by atoms with Crippen LogP contribution in [0.5, 0.6) is 5.75 Å². The normalized spacial score (nSPS) is 10.9. The summed E-state index contributed by atoms with van der Waals surface area (Å²) in [5.74, 6) is 1.56. The van der Waals surface area contributed by atoms with Gasteiger partial charge in [-0.1, -0.05) is 30.3 Å². The highest BCUT2D eigenvalue weighted by Gasteiger charge is 2.04. The third-order valence-corrected chi connectivity index (χ3v) is 3.79. The summed E-state index contributed by atoms with van der Waals surface area (Å²) >= 11 is 0. The van der Waals surface area contributed by atoms with E-state index in [1.807, 2.05) is 55.5 Å². The molecule has 0 saturated heterocycles. The number of nitrogens with zero attached hydrogens (tertiary/aromatic N) is 1. The Morgan fingerprint density at radius 2 is 1.78 bits per heavy atom. The average molecular weight is 370 g/mol. The second-order valence-electron chi connectivity index (χ2n) is 5.67. The number of anilines is 1. The molecule has 0 bridgehead atoms. The van der Waals surface area contributed by atoms with Crippen molar-refractivity contribution in [3.8, 4) is 5.75 Å². The number of carbonyl (C=O) groups excluding carboxylic acids is 1. The Kier molecular flexibility index (Phi) is 7.96. The van der Waals surface area contributed by atoms with Gasteiger partial charge in [-0.3, -0.25) is 5.32 Å². The number of aliphatic imine (C=N–C) groups is 1. The number of para-hydroxylation sites is 1. The number of amides is 1. The summed E-state index contributed by atoms with van der Waals surface area (Å²) in [6, 6.07) is 15.3. The van der Waals surface area contributed by atoms with Gasteiger partial charge in [-0.2, -0.15) is 0 Å². The Morgan fingerprint density at radius 3 is 2.44 bits per heavy atom. The number of rotatable bonds is 7. The first-order chi connectivity index (χ1) is 13.2. The first-order valence-electron chi connectivity index (χ1n) is 8.74. The second-order valence-corrected chi connectivity index (χ2v) is 5.67. The molecule has 144 valence electrons. The molecule has 0 unspecified atom stereocenters. The van der Waals surface area contributed by atoms with Crippen LogP contribution in [0.25, 0.3) is 0 Å². The quantitative estimate of drug-likeness (QED) is 0.515. The third-order valence-electron chi connectivity index (χ3n) is 3.79. The minimum Gasteiger partial charge on any atom is -0.496 e. The Bertz CT molecular complexity index is 760. The molecular weight excluding hydrogens is 344 g/mol. The van der Waals surface area contributed by atoms with Gasteiger partial charge in [-0.05, 0) is 30.7 Å². The third kappa shape index (κ3) is 6.54. The highest BCUT2D eigenvalue weighted by atomic mass is 16.5. The second kappa shape index (κ2) is 10.7. The predicted molar refractivity (Wildman–Crippen MR) is 107 cm³/mol. The molecule has 3 N–H and O–H groups in total. The van der Waals surface area contributed by atoms with Crippen LogP contribution in [-0.2, 0) is 17.8 Å². The van der Waals surface area contributed by atoms with Crippen molar-refractivity contribution in [2.45, 2.75) is 20.0 Å². The Labute approximate surface area is 159 Å². The molecule has 0 aliphatic carbocycles. The fourth-order valence-electron chi connectivity index (χ4n) is 2.40. The van der Waals surface area contributed by atoms with Gasteiger partial charge in [0, 0.05) is 24.3 Å². The van der Waals surface area contributed by atoms with Crippen LogP contribution >= 0.6 is 0 Å². The average Bonchev–Trinajstić information content (AvgIpc) is 2.71. The van der Waals surface area contributed by atoms with Gasteiger partial charge in [-0.15, -0.1) is 0 Å². The summed E-state index contributed by atoms with van der Waals surface area (Å²) in [6.07, 6.45) is -0.490. The molecule has 0 radical (unpaired) electrons. The van der Waals surface area contributed by atoms with Gasteiger partial charge >= 0.3 is 6.09 Å². The maximum Gasteiger partial charge on any atom is 0.411 e. The number of guanidine groups is 1. The monoisotopic (exact) mass is 370 g/mol. The molecule has 0 fully saturated rings. The fourth-order valence-corrected chi connectivity index (χ4v) is 2.40. The lowest BCUT2D eigenvalue weighted by Crippen LogP contribution is -2.36. The van der Waals surface area contributed by atoms with Gasteiger partial charge in [0.2, 0.25) is 0 Å². The molecule has 7 heteroatoms. The molecule has 2 aromatic carbocycles. The molecule has 7 nitrogen and oxygen atoms in total. The summed E-state index contributed by atoms with van der Waals surface area (Å²) in [6.45, 7) is 3.91. The molecule has 0 heterocycles. The SMILES string of the molecule is CCNC(=NCc1ccc(NC(=O)OC)cc1)NCc1ccccc1OC. The van der Waals surface area contributed by atoms with Crippen LogP contribution in [0.15, 0.2) is 53.5 Å². The number of hydrogen-bond donors (Lipinski definition) is 3.